The maximum absolute atomic E-state index is 10.7. The number of aromatic hydroxyl groups is 1. The zero-order valence-corrected chi connectivity index (χ0v) is 7.35. The molecular weight excluding hydrogens is 188 g/mol. The summed E-state index contributed by atoms with van der Waals surface area (Å²) < 4.78 is 0. The Balaban J connectivity index is 3.21. The molecule has 6 heteroatoms. The van der Waals surface area contributed by atoms with E-state index in [0.717, 1.165) is 0 Å². The van der Waals surface area contributed by atoms with E-state index >= 15 is 0 Å². The number of nitrogens with one attached hydrogen (secondary N) is 1. The summed E-state index contributed by atoms with van der Waals surface area (Å²) in [6.45, 7) is 1.23. The summed E-state index contributed by atoms with van der Waals surface area (Å²) in [7, 11) is 0. The van der Waals surface area contributed by atoms with Crippen LogP contribution in [0, 0.1) is 10.1 Å². The molecule has 0 atom stereocenters. The van der Waals surface area contributed by atoms with Crippen LogP contribution in [-0.2, 0) is 4.79 Å². The molecule has 74 valence electrons. The number of carbonyl (C=O) groups excluding carboxylic acids is 1. The summed E-state index contributed by atoms with van der Waals surface area (Å²) in [6, 6.07) is 3.94. The van der Waals surface area contributed by atoms with Crippen molar-refractivity contribution < 1.29 is 14.8 Å². The molecule has 6 nitrogen and oxygen atoms in total. The number of nitro groups is 1. The maximum Gasteiger partial charge on any atom is 0.333 e. The van der Waals surface area contributed by atoms with Crippen LogP contribution >= 0.6 is 0 Å². The minimum absolute atomic E-state index is 0.0116. The largest absolute Gasteiger partial charge is 0.502 e. The van der Waals surface area contributed by atoms with Crippen LogP contribution in [0.3, 0.4) is 0 Å². The highest BCUT2D eigenvalue weighted by atomic mass is 16.6. The summed E-state index contributed by atoms with van der Waals surface area (Å²) >= 11 is 0. The minimum atomic E-state index is -0.749. The second-order valence-electron chi connectivity index (χ2n) is 2.61. The molecule has 0 radical (unpaired) electrons. The van der Waals surface area contributed by atoms with E-state index in [1.54, 1.807) is 0 Å². The van der Waals surface area contributed by atoms with Crippen molar-refractivity contribution in [2.45, 2.75) is 6.92 Å². The lowest BCUT2D eigenvalue weighted by Crippen LogP contribution is -2.07. The molecule has 14 heavy (non-hydrogen) atoms. The van der Waals surface area contributed by atoms with Gasteiger partial charge in [0.25, 0.3) is 0 Å². The number of hydrogen-bond donors (Lipinski definition) is 2. The minimum Gasteiger partial charge on any atom is -0.502 e. The van der Waals surface area contributed by atoms with Gasteiger partial charge in [-0.1, -0.05) is 6.07 Å². The van der Waals surface area contributed by atoms with Crippen LogP contribution in [0.2, 0.25) is 0 Å². The Kier molecular flexibility index (Phi) is 2.66. The summed E-state index contributed by atoms with van der Waals surface area (Å²) in [6.07, 6.45) is 0. The number of phenols is 1. The third kappa shape index (κ3) is 1.98. The molecule has 2 N–H and O–H groups in total. The van der Waals surface area contributed by atoms with Crippen molar-refractivity contribution in [2.24, 2.45) is 0 Å². The zero-order valence-electron chi connectivity index (χ0n) is 7.35. The number of carbonyl (C=O) groups is 1. The molecule has 0 aromatic heterocycles. The Morgan fingerprint density at radius 1 is 1.57 bits per heavy atom. The van der Waals surface area contributed by atoms with Crippen molar-refractivity contribution in [2.75, 3.05) is 5.32 Å². The molecule has 1 aromatic rings. The summed E-state index contributed by atoms with van der Waals surface area (Å²) in [4.78, 5) is 20.5. The van der Waals surface area contributed by atoms with Crippen molar-refractivity contribution in [3.8, 4) is 5.75 Å². The zero-order chi connectivity index (χ0) is 10.7. The predicted molar refractivity (Wildman–Crippen MR) is 49.1 cm³/mol. The van der Waals surface area contributed by atoms with E-state index in [2.05, 4.69) is 5.32 Å². The molecule has 0 bridgehead atoms. The van der Waals surface area contributed by atoms with Gasteiger partial charge in [0, 0.05) is 6.92 Å². The lowest BCUT2D eigenvalue weighted by molar-refractivity contribution is -0.384. The molecule has 0 aliphatic heterocycles. The van der Waals surface area contributed by atoms with Gasteiger partial charge in [0.2, 0.25) is 5.91 Å². The van der Waals surface area contributed by atoms with Crippen LogP contribution in [-0.4, -0.2) is 15.9 Å². The van der Waals surface area contributed by atoms with Gasteiger partial charge in [0.1, 0.15) is 5.69 Å². The van der Waals surface area contributed by atoms with Crippen molar-refractivity contribution in [1.29, 1.82) is 0 Å². The molecule has 0 aliphatic carbocycles. The first-order chi connectivity index (χ1) is 6.52. The summed E-state index contributed by atoms with van der Waals surface area (Å²) in [5.41, 5.74) is -0.509. The van der Waals surface area contributed by atoms with Gasteiger partial charge in [-0.3, -0.25) is 14.9 Å². The molecule has 0 heterocycles. The fourth-order valence-electron chi connectivity index (χ4n) is 1.01. The maximum atomic E-state index is 10.7. The van der Waals surface area contributed by atoms with E-state index < -0.39 is 22.3 Å². The second kappa shape index (κ2) is 3.73. The lowest BCUT2D eigenvalue weighted by Gasteiger charge is -2.03. The van der Waals surface area contributed by atoms with Gasteiger partial charge < -0.3 is 10.4 Å². The molecule has 0 spiro atoms. The Morgan fingerprint density at radius 3 is 2.71 bits per heavy atom. The second-order valence-corrected chi connectivity index (χ2v) is 2.61. The van der Waals surface area contributed by atoms with E-state index in [1.165, 1.54) is 25.1 Å². The van der Waals surface area contributed by atoms with Crippen LogP contribution in [0.25, 0.3) is 0 Å². The number of hydrogen-bond acceptors (Lipinski definition) is 4. The molecule has 0 aliphatic rings. The van der Waals surface area contributed by atoms with Crippen molar-refractivity contribution >= 4 is 17.3 Å². The van der Waals surface area contributed by atoms with Gasteiger partial charge in [-0.2, -0.15) is 0 Å². The molecule has 1 rings (SSSR count). The van der Waals surface area contributed by atoms with Crippen LogP contribution in [0.1, 0.15) is 6.92 Å². The predicted octanol–water partition coefficient (Wildman–Crippen LogP) is 1.26. The van der Waals surface area contributed by atoms with Crippen molar-refractivity contribution in [3.05, 3.63) is 28.3 Å². The van der Waals surface area contributed by atoms with Crippen LogP contribution in [0.4, 0.5) is 11.4 Å². The summed E-state index contributed by atoms with van der Waals surface area (Å²) in [5.74, 6) is -0.903. The fraction of sp³-hybridized carbons (Fsp3) is 0.125. The van der Waals surface area contributed by atoms with E-state index in [4.69, 9.17) is 0 Å². The number of anilines is 1. The smallest absolute Gasteiger partial charge is 0.333 e. The monoisotopic (exact) mass is 196 g/mol. The third-order valence-electron chi connectivity index (χ3n) is 1.51. The number of phenolic OH excluding ortho intramolecular Hbond substituents is 1. The van der Waals surface area contributed by atoms with E-state index in [-0.39, 0.29) is 5.69 Å². The Hall–Kier alpha value is -2.11. The molecule has 1 aromatic carbocycles. The van der Waals surface area contributed by atoms with Crippen molar-refractivity contribution in [3.63, 3.8) is 0 Å². The topological polar surface area (TPSA) is 92.5 Å². The highest BCUT2D eigenvalue weighted by Gasteiger charge is 2.19. The number of amides is 1. The average Bonchev–Trinajstić information content (AvgIpc) is 2.01. The van der Waals surface area contributed by atoms with Gasteiger partial charge in [-0.05, 0) is 12.1 Å². The first kappa shape index (κ1) is 9.97. The van der Waals surface area contributed by atoms with Crippen LogP contribution < -0.4 is 5.32 Å². The standard InChI is InChI=1S/C8H8N2O4/c1-5(11)9-6-3-2-4-7(12)8(6)10(13)14/h2-4,12H,1H3,(H,9,11). The summed E-state index contributed by atoms with van der Waals surface area (Å²) in [5, 5.41) is 22.0. The Bertz CT molecular complexity index is 389. The van der Waals surface area contributed by atoms with Gasteiger partial charge >= 0.3 is 5.69 Å². The first-order valence-electron chi connectivity index (χ1n) is 3.76. The van der Waals surface area contributed by atoms with Gasteiger partial charge in [0.05, 0.1) is 4.92 Å². The molecule has 0 unspecified atom stereocenters. The van der Waals surface area contributed by atoms with Gasteiger partial charge in [-0.25, -0.2) is 0 Å². The van der Waals surface area contributed by atoms with Crippen LogP contribution in [0.15, 0.2) is 18.2 Å². The Labute approximate surface area is 79.3 Å². The number of nitro benzene ring substituents is 1. The van der Waals surface area contributed by atoms with E-state index in [9.17, 15) is 20.0 Å². The number of rotatable bonds is 2. The first-order valence-corrected chi connectivity index (χ1v) is 3.76. The molecule has 0 saturated carbocycles. The van der Waals surface area contributed by atoms with Gasteiger partial charge in [-0.15, -0.1) is 0 Å². The highest BCUT2D eigenvalue weighted by Crippen LogP contribution is 2.33. The van der Waals surface area contributed by atoms with E-state index in [1.807, 2.05) is 0 Å². The molecule has 0 saturated heterocycles. The molecule has 0 fully saturated rings. The fourth-order valence-corrected chi connectivity index (χ4v) is 1.01. The highest BCUT2D eigenvalue weighted by molar-refractivity contribution is 5.92. The average molecular weight is 196 g/mol. The van der Waals surface area contributed by atoms with Gasteiger partial charge in [0.15, 0.2) is 5.75 Å². The molecular formula is C8H8N2O4. The van der Waals surface area contributed by atoms with Crippen molar-refractivity contribution in [1.82, 2.24) is 0 Å². The third-order valence-corrected chi connectivity index (χ3v) is 1.51. The Morgan fingerprint density at radius 2 is 2.21 bits per heavy atom. The number of benzene rings is 1. The quantitative estimate of drug-likeness (QED) is 0.550. The number of para-hydroxylation sites is 1. The SMILES string of the molecule is CC(=O)Nc1cccc(O)c1[N+](=O)[O-]. The molecule has 1 amide bonds. The normalized spacial score (nSPS) is 9.50. The number of nitrogens with zero attached hydrogens (tertiary/aromatic N) is 1. The lowest BCUT2D eigenvalue weighted by atomic mass is 10.2. The van der Waals surface area contributed by atoms with E-state index in [0.29, 0.717) is 0 Å². The van der Waals surface area contributed by atoms with Crippen LogP contribution in [0.5, 0.6) is 5.75 Å².